The van der Waals surface area contributed by atoms with Gasteiger partial charge in [-0.1, -0.05) is 26.0 Å². The molecule has 0 spiro atoms. The summed E-state index contributed by atoms with van der Waals surface area (Å²) in [7, 11) is 0. The first-order valence-corrected chi connectivity index (χ1v) is 7.26. The van der Waals surface area contributed by atoms with E-state index in [0.29, 0.717) is 0 Å². The lowest BCUT2D eigenvalue weighted by molar-refractivity contribution is -0.385. The van der Waals surface area contributed by atoms with Gasteiger partial charge in [-0.3, -0.25) is 15.0 Å². The summed E-state index contributed by atoms with van der Waals surface area (Å²) in [4.78, 5) is 12.9. The number of nitro groups is 1. The van der Waals surface area contributed by atoms with Gasteiger partial charge >= 0.3 is 0 Å². The average molecular weight is 330 g/mol. The monoisotopic (exact) mass is 329 g/mol. The molecule has 124 valence electrons. The zero-order chi connectivity index (χ0) is 15.5. The van der Waals surface area contributed by atoms with Crippen LogP contribution in [0.2, 0.25) is 0 Å². The third-order valence-corrected chi connectivity index (χ3v) is 4.06. The second-order valence-electron chi connectivity index (χ2n) is 6.19. The summed E-state index contributed by atoms with van der Waals surface area (Å²) in [6.07, 6.45) is 0. The summed E-state index contributed by atoms with van der Waals surface area (Å²) in [6, 6.07) is 6.73. The summed E-state index contributed by atoms with van der Waals surface area (Å²) in [5.74, 6) is 0. The standard InChI is InChI=1S/C15H23N3O3.ClH/c1-15(2,11-19)14(17-8-6-16-7-9-17)12-4-3-5-13(10-12)18(20)21;/h3-5,10,14,16,19H,6-9,11H2,1-2H3;1H/t14-;/m1./s1. The van der Waals surface area contributed by atoms with Crippen LogP contribution in [0.25, 0.3) is 0 Å². The van der Waals surface area contributed by atoms with Gasteiger partial charge in [0.1, 0.15) is 0 Å². The van der Waals surface area contributed by atoms with E-state index in [9.17, 15) is 15.2 Å². The fourth-order valence-electron chi connectivity index (χ4n) is 2.99. The van der Waals surface area contributed by atoms with Crippen LogP contribution in [0.3, 0.4) is 0 Å². The smallest absolute Gasteiger partial charge is 0.269 e. The van der Waals surface area contributed by atoms with Crippen molar-refractivity contribution in [3.05, 3.63) is 39.9 Å². The van der Waals surface area contributed by atoms with Gasteiger partial charge in [0.2, 0.25) is 0 Å². The van der Waals surface area contributed by atoms with Gasteiger partial charge in [-0.05, 0) is 5.56 Å². The first-order chi connectivity index (χ1) is 9.95. The molecule has 1 aliphatic rings. The summed E-state index contributed by atoms with van der Waals surface area (Å²) < 4.78 is 0. The summed E-state index contributed by atoms with van der Waals surface area (Å²) in [5.41, 5.74) is 0.624. The normalized spacial score (nSPS) is 17.6. The van der Waals surface area contributed by atoms with Crippen molar-refractivity contribution in [1.29, 1.82) is 0 Å². The van der Waals surface area contributed by atoms with Gasteiger partial charge < -0.3 is 10.4 Å². The zero-order valence-electron chi connectivity index (χ0n) is 13.0. The Balaban J connectivity index is 0.00000242. The minimum absolute atomic E-state index is 0. The van der Waals surface area contributed by atoms with Crippen molar-refractivity contribution in [3.8, 4) is 0 Å². The molecule has 0 radical (unpaired) electrons. The Bertz CT molecular complexity index is 505. The molecule has 0 amide bonds. The Morgan fingerprint density at radius 3 is 2.59 bits per heavy atom. The van der Waals surface area contributed by atoms with Crippen LogP contribution in [-0.4, -0.2) is 47.7 Å². The number of nitrogens with zero attached hydrogens (tertiary/aromatic N) is 2. The summed E-state index contributed by atoms with van der Waals surface area (Å²) >= 11 is 0. The predicted molar refractivity (Wildman–Crippen MR) is 88.4 cm³/mol. The van der Waals surface area contributed by atoms with Crippen molar-refractivity contribution < 1.29 is 10.0 Å². The van der Waals surface area contributed by atoms with E-state index in [2.05, 4.69) is 10.2 Å². The largest absolute Gasteiger partial charge is 0.396 e. The van der Waals surface area contributed by atoms with Gasteiger partial charge in [-0.25, -0.2) is 0 Å². The lowest BCUT2D eigenvalue weighted by atomic mass is 9.79. The predicted octanol–water partition coefficient (Wildman–Crippen LogP) is 1.98. The van der Waals surface area contributed by atoms with Gasteiger partial charge in [0.05, 0.1) is 4.92 Å². The summed E-state index contributed by atoms with van der Waals surface area (Å²) in [6.45, 7) is 7.56. The third-order valence-electron chi connectivity index (χ3n) is 4.06. The van der Waals surface area contributed by atoms with Crippen molar-refractivity contribution >= 4 is 18.1 Å². The van der Waals surface area contributed by atoms with Crippen LogP contribution in [-0.2, 0) is 0 Å². The van der Waals surface area contributed by atoms with Crippen LogP contribution in [0, 0.1) is 15.5 Å². The summed E-state index contributed by atoms with van der Waals surface area (Å²) in [5, 5.41) is 24.1. The van der Waals surface area contributed by atoms with Gasteiger partial charge in [-0.15, -0.1) is 12.4 Å². The highest BCUT2D eigenvalue weighted by atomic mass is 35.5. The molecule has 6 nitrogen and oxygen atoms in total. The molecular formula is C15H24ClN3O3. The number of aliphatic hydroxyl groups is 1. The Hall–Kier alpha value is -1.21. The van der Waals surface area contributed by atoms with Gasteiger partial charge in [0.15, 0.2) is 0 Å². The van der Waals surface area contributed by atoms with Crippen molar-refractivity contribution in [2.75, 3.05) is 32.8 Å². The van der Waals surface area contributed by atoms with Gasteiger partial charge in [0.25, 0.3) is 5.69 Å². The highest BCUT2D eigenvalue weighted by Crippen LogP contribution is 2.39. The van der Waals surface area contributed by atoms with Crippen molar-refractivity contribution in [1.82, 2.24) is 10.2 Å². The Morgan fingerprint density at radius 1 is 1.41 bits per heavy atom. The van der Waals surface area contributed by atoms with E-state index in [1.165, 1.54) is 6.07 Å². The minimum atomic E-state index is -0.371. The number of rotatable bonds is 5. The molecule has 2 rings (SSSR count). The van der Waals surface area contributed by atoms with E-state index in [1.807, 2.05) is 19.9 Å². The van der Waals surface area contributed by atoms with E-state index in [4.69, 9.17) is 0 Å². The first kappa shape index (κ1) is 18.8. The number of benzene rings is 1. The van der Waals surface area contributed by atoms with Crippen molar-refractivity contribution in [2.24, 2.45) is 5.41 Å². The molecule has 1 atom stereocenters. The average Bonchev–Trinajstić information content (AvgIpc) is 2.48. The van der Waals surface area contributed by atoms with E-state index in [-0.39, 0.29) is 41.1 Å². The molecule has 0 bridgehead atoms. The maximum Gasteiger partial charge on any atom is 0.269 e. The number of halogens is 1. The van der Waals surface area contributed by atoms with E-state index in [1.54, 1.807) is 12.1 Å². The maximum absolute atomic E-state index is 11.0. The zero-order valence-corrected chi connectivity index (χ0v) is 13.8. The second kappa shape index (κ2) is 7.87. The maximum atomic E-state index is 11.0. The number of piperazine rings is 1. The number of nitro benzene ring substituents is 1. The molecule has 0 aromatic heterocycles. The van der Waals surface area contributed by atoms with Gasteiger partial charge in [0, 0.05) is 56.4 Å². The highest BCUT2D eigenvalue weighted by Gasteiger charge is 2.36. The Labute approximate surface area is 137 Å². The topological polar surface area (TPSA) is 78.6 Å². The number of nitrogens with one attached hydrogen (secondary N) is 1. The van der Waals surface area contributed by atoms with Crippen LogP contribution >= 0.6 is 12.4 Å². The minimum Gasteiger partial charge on any atom is -0.396 e. The molecule has 1 heterocycles. The lowest BCUT2D eigenvalue weighted by Gasteiger charge is -2.43. The fraction of sp³-hybridized carbons (Fsp3) is 0.600. The van der Waals surface area contributed by atoms with E-state index >= 15 is 0 Å². The molecule has 0 unspecified atom stereocenters. The van der Waals surface area contributed by atoms with Crippen LogP contribution in [0.4, 0.5) is 5.69 Å². The SMILES string of the molecule is CC(C)(CO)[C@@H](c1cccc([N+](=O)[O-])c1)N1CCNCC1.Cl. The van der Waals surface area contributed by atoms with Crippen molar-refractivity contribution in [2.45, 2.75) is 19.9 Å². The van der Waals surface area contributed by atoms with Crippen LogP contribution in [0.5, 0.6) is 0 Å². The molecule has 22 heavy (non-hydrogen) atoms. The molecule has 7 heteroatoms. The fourth-order valence-corrected chi connectivity index (χ4v) is 2.99. The van der Waals surface area contributed by atoms with Crippen molar-refractivity contribution in [3.63, 3.8) is 0 Å². The molecule has 2 N–H and O–H groups in total. The molecule has 1 saturated heterocycles. The van der Waals surface area contributed by atoms with Crippen LogP contribution in [0.15, 0.2) is 24.3 Å². The third kappa shape index (κ3) is 4.16. The molecule has 1 fully saturated rings. The molecule has 0 saturated carbocycles. The molecular weight excluding hydrogens is 306 g/mol. The quantitative estimate of drug-likeness (QED) is 0.638. The Morgan fingerprint density at radius 2 is 2.05 bits per heavy atom. The second-order valence-corrected chi connectivity index (χ2v) is 6.19. The number of aliphatic hydroxyl groups excluding tert-OH is 1. The van der Waals surface area contributed by atoms with Crippen LogP contribution in [0.1, 0.15) is 25.5 Å². The first-order valence-electron chi connectivity index (χ1n) is 7.26. The lowest BCUT2D eigenvalue weighted by Crippen LogP contribution is -2.49. The Kier molecular flexibility index (Phi) is 6.74. The number of non-ortho nitro benzene ring substituents is 1. The van der Waals surface area contributed by atoms with E-state index in [0.717, 1.165) is 31.7 Å². The highest BCUT2D eigenvalue weighted by molar-refractivity contribution is 5.85. The number of hydrogen-bond acceptors (Lipinski definition) is 5. The van der Waals surface area contributed by atoms with E-state index < -0.39 is 0 Å². The molecule has 1 aromatic carbocycles. The molecule has 0 aliphatic carbocycles. The van der Waals surface area contributed by atoms with Gasteiger partial charge in [-0.2, -0.15) is 0 Å². The molecule has 1 aromatic rings. The van der Waals surface area contributed by atoms with Crippen LogP contribution < -0.4 is 5.32 Å². The molecule has 1 aliphatic heterocycles. The number of hydrogen-bond donors (Lipinski definition) is 2.